The smallest absolute Gasteiger partial charge is 0.291 e. The summed E-state index contributed by atoms with van der Waals surface area (Å²) in [7, 11) is 0. The van der Waals surface area contributed by atoms with E-state index in [1.54, 1.807) is 48.7 Å². The molecule has 0 unspecified atom stereocenters. The lowest BCUT2D eigenvalue weighted by molar-refractivity contribution is -0.384. The number of nitro benzene ring substituents is 1. The van der Waals surface area contributed by atoms with E-state index in [0.717, 1.165) is 5.56 Å². The summed E-state index contributed by atoms with van der Waals surface area (Å²) in [6.07, 6.45) is 2.97. The van der Waals surface area contributed by atoms with Crippen molar-refractivity contribution in [1.29, 1.82) is 0 Å². The molecule has 0 aliphatic carbocycles. The molecular weight excluding hydrogens is 414 g/mol. The van der Waals surface area contributed by atoms with Crippen molar-refractivity contribution < 1.29 is 18.9 Å². The van der Waals surface area contributed by atoms with E-state index in [1.807, 2.05) is 6.07 Å². The number of rotatable bonds is 7. The first-order valence-electron chi connectivity index (χ1n) is 9.52. The van der Waals surface area contributed by atoms with Gasteiger partial charge in [-0.1, -0.05) is 18.2 Å². The Morgan fingerprint density at radius 3 is 2.66 bits per heavy atom. The van der Waals surface area contributed by atoms with Crippen LogP contribution in [0.25, 0.3) is 5.69 Å². The summed E-state index contributed by atoms with van der Waals surface area (Å²) in [5, 5.41) is 20.6. The zero-order chi connectivity index (χ0) is 22.5. The zero-order valence-corrected chi connectivity index (χ0v) is 16.6. The predicted octanol–water partition coefficient (Wildman–Crippen LogP) is 3.56. The van der Waals surface area contributed by atoms with Crippen LogP contribution in [0.2, 0.25) is 0 Å². The van der Waals surface area contributed by atoms with Crippen molar-refractivity contribution >= 4 is 23.2 Å². The average Bonchev–Trinajstić information content (AvgIpc) is 3.50. The molecule has 2 aromatic carbocycles. The Morgan fingerprint density at radius 1 is 1.03 bits per heavy atom. The number of carbonyl (C=O) groups excluding carboxylic acids is 2. The molecule has 2 aromatic heterocycles. The maximum Gasteiger partial charge on any atom is 0.291 e. The lowest BCUT2D eigenvalue weighted by Gasteiger charge is -2.07. The van der Waals surface area contributed by atoms with Crippen LogP contribution in [0.3, 0.4) is 0 Å². The lowest BCUT2D eigenvalue weighted by atomic mass is 10.2. The van der Waals surface area contributed by atoms with E-state index in [-0.39, 0.29) is 29.6 Å². The van der Waals surface area contributed by atoms with Crippen LogP contribution in [0.4, 0.5) is 11.4 Å². The minimum Gasteiger partial charge on any atom is -0.459 e. The number of furan rings is 1. The van der Waals surface area contributed by atoms with Gasteiger partial charge in [0, 0.05) is 30.6 Å². The SMILES string of the molecule is O=C(NCc1cccc(NC(=O)c2ccco2)c1)c1ccn(-c2cccc([N+](=O)[O-])c2)n1. The van der Waals surface area contributed by atoms with Gasteiger partial charge >= 0.3 is 0 Å². The number of aromatic nitrogens is 2. The molecule has 0 spiro atoms. The first-order chi connectivity index (χ1) is 15.5. The van der Waals surface area contributed by atoms with Gasteiger partial charge in [0.1, 0.15) is 0 Å². The number of nitrogens with one attached hydrogen (secondary N) is 2. The number of nitrogens with zero attached hydrogens (tertiary/aromatic N) is 3. The van der Waals surface area contributed by atoms with Gasteiger partial charge in [0.15, 0.2) is 11.5 Å². The topological polar surface area (TPSA) is 132 Å². The first-order valence-corrected chi connectivity index (χ1v) is 9.52. The number of carbonyl (C=O) groups is 2. The molecule has 0 fully saturated rings. The van der Waals surface area contributed by atoms with Gasteiger partial charge in [0.05, 0.1) is 16.9 Å². The van der Waals surface area contributed by atoms with Gasteiger partial charge < -0.3 is 15.1 Å². The molecule has 0 atom stereocenters. The highest BCUT2D eigenvalue weighted by molar-refractivity contribution is 6.02. The van der Waals surface area contributed by atoms with Gasteiger partial charge in [-0.25, -0.2) is 4.68 Å². The van der Waals surface area contributed by atoms with Crippen LogP contribution in [0.15, 0.2) is 83.6 Å². The third kappa shape index (κ3) is 4.70. The minimum absolute atomic E-state index is 0.0666. The molecule has 0 bridgehead atoms. The second-order valence-corrected chi connectivity index (χ2v) is 6.74. The highest BCUT2D eigenvalue weighted by atomic mass is 16.6. The molecule has 2 N–H and O–H groups in total. The molecule has 2 amide bonds. The fourth-order valence-corrected chi connectivity index (χ4v) is 2.97. The Kier molecular flexibility index (Phi) is 5.75. The average molecular weight is 431 g/mol. The van der Waals surface area contributed by atoms with Crippen molar-refractivity contribution in [2.24, 2.45) is 0 Å². The Hall–Kier alpha value is -4.73. The van der Waals surface area contributed by atoms with Crippen molar-refractivity contribution in [3.63, 3.8) is 0 Å². The van der Waals surface area contributed by atoms with Gasteiger partial charge in [-0.05, 0) is 42.0 Å². The maximum atomic E-state index is 12.5. The van der Waals surface area contributed by atoms with Crippen LogP contribution < -0.4 is 10.6 Å². The number of non-ortho nitro benzene ring substituents is 1. The monoisotopic (exact) mass is 431 g/mol. The molecule has 0 aliphatic heterocycles. The molecule has 4 rings (SSSR count). The number of hydrogen-bond acceptors (Lipinski definition) is 6. The molecule has 4 aromatic rings. The van der Waals surface area contributed by atoms with Gasteiger partial charge in [-0.15, -0.1) is 0 Å². The van der Waals surface area contributed by atoms with Gasteiger partial charge in [-0.2, -0.15) is 5.10 Å². The molecule has 0 saturated heterocycles. The highest BCUT2D eigenvalue weighted by Crippen LogP contribution is 2.17. The fourth-order valence-electron chi connectivity index (χ4n) is 2.97. The van der Waals surface area contributed by atoms with Crippen LogP contribution in [0.5, 0.6) is 0 Å². The number of anilines is 1. The van der Waals surface area contributed by atoms with Gasteiger partial charge in [0.25, 0.3) is 17.5 Å². The van der Waals surface area contributed by atoms with Gasteiger partial charge in [-0.3, -0.25) is 19.7 Å². The van der Waals surface area contributed by atoms with Crippen molar-refractivity contribution in [3.05, 3.63) is 106 Å². The number of nitro groups is 1. The summed E-state index contributed by atoms with van der Waals surface area (Å²) < 4.78 is 6.46. The summed E-state index contributed by atoms with van der Waals surface area (Å²) in [4.78, 5) is 35.0. The van der Waals surface area contributed by atoms with Crippen molar-refractivity contribution in [2.75, 3.05) is 5.32 Å². The van der Waals surface area contributed by atoms with E-state index in [2.05, 4.69) is 15.7 Å². The first kappa shape index (κ1) is 20.5. The highest BCUT2D eigenvalue weighted by Gasteiger charge is 2.13. The molecule has 2 heterocycles. The van der Waals surface area contributed by atoms with Crippen molar-refractivity contribution in [1.82, 2.24) is 15.1 Å². The quantitative estimate of drug-likeness (QED) is 0.340. The third-order valence-electron chi connectivity index (χ3n) is 4.51. The maximum absolute atomic E-state index is 12.5. The second kappa shape index (κ2) is 8.96. The zero-order valence-electron chi connectivity index (χ0n) is 16.6. The van der Waals surface area contributed by atoms with Crippen LogP contribution in [0, 0.1) is 10.1 Å². The number of benzene rings is 2. The molecule has 10 heteroatoms. The lowest BCUT2D eigenvalue weighted by Crippen LogP contribution is -2.23. The predicted molar refractivity (Wildman–Crippen MR) is 114 cm³/mol. The fraction of sp³-hybridized carbons (Fsp3) is 0.0455. The molecule has 160 valence electrons. The van der Waals surface area contributed by atoms with E-state index in [1.165, 1.54) is 29.1 Å². The van der Waals surface area contributed by atoms with E-state index in [4.69, 9.17) is 4.42 Å². The third-order valence-corrected chi connectivity index (χ3v) is 4.51. The van der Waals surface area contributed by atoms with Crippen molar-refractivity contribution in [2.45, 2.75) is 6.54 Å². The van der Waals surface area contributed by atoms with E-state index >= 15 is 0 Å². The summed E-state index contributed by atoms with van der Waals surface area (Å²) >= 11 is 0. The Balaban J connectivity index is 1.39. The van der Waals surface area contributed by atoms with Gasteiger partial charge in [0.2, 0.25) is 0 Å². The van der Waals surface area contributed by atoms with Crippen LogP contribution in [-0.4, -0.2) is 26.5 Å². The minimum atomic E-state index is -0.494. The van der Waals surface area contributed by atoms with Crippen molar-refractivity contribution in [3.8, 4) is 5.69 Å². The Labute approximate surface area is 181 Å². The molecule has 0 radical (unpaired) electrons. The molecule has 0 aliphatic rings. The summed E-state index contributed by atoms with van der Waals surface area (Å²) in [5.41, 5.74) is 1.90. The molecule has 0 saturated carbocycles. The molecular formula is C22H17N5O5. The summed E-state index contributed by atoms with van der Waals surface area (Å²) in [5.74, 6) is -0.579. The normalized spacial score (nSPS) is 10.5. The molecule has 32 heavy (non-hydrogen) atoms. The molecule has 10 nitrogen and oxygen atoms in total. The standard InChI is InChI=1S/C22H17N5O5/c28-21(19-9-10-26(25-19)17-6-2-7-18(13-17)27(30)31)23-14-15-4-1-5-16(12-15)24-22(29)20-8-3-11-32-20/h1-13H,14H2,(H,23,28)(H,24,29). The van der Waals surface area contributed by atoms with E-state index in [9.17, 15) is 19.7 Å². The van der Waals surface area contributed by atoms with E-state index in [0.29, 0.717) is 11.4 Å². The van der Waals surface area contributed by atoms with Crippen LogP contribution in [-0.2, 0) is 6.54 Å². The van der Waals surface area contributed by atoms with E-state index < -0.39 is 10.8 Å². The number of amides is 2. The summed E-state index contributed by atoms with van der Waals surface area (Å²) in [6.45, 7) is 0.215. The largest absolute Gasteiger partial charge is 0.459 e. The second-order valence-electron chi connectivity index (χ2n) is 6.74. The van der Waals surface area contributed by atoms with Crippen LogP contribution >= 0.6 is 0 Å². The number of hydrogen-bond donors (Lipinski definition) is 2. The van der Waals surface area contributed by atoms with Crippen LogP contribution in [0.1, 0.15) is 26.6 Å². The Morgan fingerprint density at radius 2 is 1.88 bits per heavy atom. The summed E-state index contributed by atoms with van der Waals surface area (Å²) in [6, 6.07) is 17.7. The Bertz CT molecular complexity index is 1280.